The molecule has 7 heteroatoms. The Balaban J connectivity index is 0.000000397. The Morgan fingerprint density at radius 3 is 2.91 bits per heavy atom. The first-order chi connectivity index (χ1) is 10.2. The summed E-state index contributed by atoms with van der Waals surface area (Å²) in [6, 6.07) is 0. The van der Waals surface area contributed by atoms with Crippen LogP contribution in [0.3, 0.4) is 0 Å². The van der Waals surface area contributed by atoms with Crippen LogP contribution in [-0.2, 0) is 9.47 Å². The SMILES string of the molecule is CC[CH-][C@H](C)OC1CCCCO1.[Li+].[N-]=Cc1[c-]nc(Cl)cn1. The van der Waals surface area contributed by atoms with Crippen LogP contribution in [0.2, 0.25) is 5.15 Å². The number of hydrogen-bond donors (Lipinski definition) is 0. The van der Waals surface area contributed by atoms with Crippen molar-refractivity contribution in [1.29, 1.82) is 0 Å². The van der Waals surface area contributed by atoms with Crippen LogP contribution in [0.5, 0.6) is 0 Å². The number of hydrogen-bond acceptors (Lipinski definition) is 4. The number of rotatable bonds is 5. The van der Waals surface area contributed by atoms with E-state index >= 15 is 0 Å². The van der Waals surface area contributed by atoms with E-state index < -0.39 is 0 Å². The maximum atomic E-state index is 8.33. The van der Waals surface area contributed by atoms with Gasteiger partial charge in [0, 0.05) is 18.0 Å². The molecular weight excluding hydrogens is 297 g/mol. The summed E-state index contributed by atoms with van der Waals surface area (Å²) in [4.78, 5) is 7.18. The summed E-state index contributed by atoms with van der Waals surface area (Å²) in [7, 11) is 0. The van der Waals surface area contributed by atoms with E-state index in [1.54, 1.807) is 0 Å². The van der Waals surface area contributed by atoms with Crippen LogP contribution >= 0.6 is 11.6 Å². The molecule has 1 aliphatic rings. The van der Waals surface area contributed by atoms with Gasteiger partial charge < -0.3 is 26.3 Å². The molecule has 1 aromatic heterocycles. The second-order valence-electron chi connectivity index (χ2n) is 4.60. The number of ether oxygens (including phenoxy) is 2. The van der Waals surface area contributed by atoms with Crippen LogP contribution in [0.15, 0.2) is 6.20 Å². The topological polar surface area (TPSA) is 66.5 Å². The third-order valence-corrected chi connectivity index (χ3v) is 2.96. The van der Waals surface area contributed by atoms with Gasteiger partial charge in [-0.15, -0.1) is 11.6 Å². The molecule has 1 saturated heterocycles. The van der Waals surface area contributed by atoms with Gasteiger partial charge in [0.05, 0.1) is 0 Å². The van der Waals surface area contributed by atoms with E-state index in [9.17, 15) is 0 Å². The molecule has 2 heterocycles. The molecule has 0 bridgehead atoms. The average Bonchev–Trinajstić information content (AvgIpc) is 2.50. The number of halogens is 1. The van der Waals surface area contributed by atoms with E-state index in [0.29, 0.717) is 0 Å². The van der Waals surface area contributed by atoms with Crippen molar-refractivity contribution in [2.45, 2.75) is 51.9 Å². The van der Waals surface area contributed by atoms with E-state index in [1.165, 1.54) is 19.0 Å². The minimum absolute atomic E-state index is 0. The van der Waals surface area contributed by atoms with Crippen LogP contribution in [0, 0.1) is 12.6 Å². The monoisotopic (exact) mass is 317 g/mol. The smallest absolute Gasteiger partial charge is 0.877 e. The predicted molar refractivity (Wildman–Crippen MR) is 83.1 cm³/mol. The Morgan fingerprint density at radius 1 is 1.64 bits per heavy atom. The van der Waals surface area contributed by atoms with E-state index in [-0.39, 0.29) is 42.1 Å². The number of aromatic nitrogens is 2. The van der Waals surface area contributed by atoms with Gasteiger partial charge in [-0.1, -0.05) is 31.8 Å². The molecule has 22 heavy (non-hydrogen) atoms. The Morgan fingerprint density at radius 2 is 2.41 bits per heavy atom. The third kappa shape index (κ3) is 9.55. The Kier molecular flexibility index (Phi) is 12.8. The van der Waals surface area contributed by atoms with Gasteiger partial charge >= 0.3 is 18.9 Å². The van der Waals surface area contributed by atoms with Crippen LogP contribution in [0.25, 0.3) is 5.41 Å². The Bertz CT molecular complexity index is 400. The summed E-state index contributed by atoms with van der Waals surface area (Å²) in [5.41, 5.74) is 0.277. The third-order valence-electron chi connectivity index (χ3n) is 2.78. The molecule has 0 aromatic carbocycles. The molecule has 1 aliphatic heterocycles. The molecule has 1 aromatic rings. The van der Waals surface area contributed by atoms with Gasteiger partial charge in [0.25, 0.3) is 0 Å². The summed E-state index contributed by atoms with van der Waals surface area (Å²) in [6.45, 7) is 5.06. The zero-order valence-corrected chi connectivity index (χ0v) is 14.2. The fraction of sp³-hybridized carbons (Fsp3) is 0.600. The van der Waals surface area contributed by atoms with Crippen molar-refractivity contribution in [2.75, 3.05) is 6.61 Å². The summed E-state index contributed by atoms with van der Waals surface area (Å²) >= 11 is 5.37. The van der Waals surface area contributed by atoms with Crippen molar-refractivity contribution in [3.05, 3.63) is 35.1 Å². The first-order valence-corrected chi connectivity index (χ1v) is 7.51. The minimum atomic E-state index is 0. The molecule has 5 nitrogen and oxygen atoms in total. The first-order valence-electron chi connectivity index (χ1n) is 7.13. The van der Waals surface area contributed by atoms with Crippen molar-refractivity contribution in [1.82, 2.24) is 9.97 Å². The van der Waals surface area contributed by atoms with Crippen molar-refractivity contribution in [2.24, 2.45) is 0 Å². The average molecular weight is 318 g/mol. The fourth-order valence-electron chi connectivity index (χ4n) is 1.80. The van der Waals surface area contributed by atoms with Crippen LogP contribution in [0.1, 0.15) is 45.2 Å². The number of nitrogens with zero attached hydrogens (tertiary/aromatic N) is 3. The molecule has 2 atom stereocenters. The molecule has 0 aliphatic carbocycles. The molecule has 1 unspecified atom stereocenters. The second-order valence-corrected chi connectivity index (χ2v) is 4.99. The Hall–Kier alpha value is -0.443. The van der Waals surface area contributed by atoms with Gasteiger partial charge in [-0.2, -0.15) is 6.42 Å². The molecule has 0 amide bonds. The summed E-state index contributed by atoms with van der Waals surface area (Å²) in [6.07, 6.45) is 11.5. The summed E-state index contributed by atoms with van der Waals surface area (Å²) < 4.78 is 11.1. The van der Waals surface area contributed by atoms with E-state index in [0.717, 1.165) is 25.7 Å². The van der Waals surface area contributed by atoms with Crippen molar-refractivity contribution >= 4 is 17.8 Å². The van der Waals surface area contributed by atoms with Crippen molar-refractivity contribution < 1.29 is 28.3 Å². The van der Waals surface area contributed by atoms with Crippen LogP contribution in [0.4, 0.5) is 0 Å². The molecule has 2 rings (SSSR count). The molecule has 0 radical (unpaired) electrons. The van der Waals surface area contributed by atoms with Gasteiger partial charge in [-0.3, -0.25) is 11.2 Å². The predicted octanol–water partition coefficient (Wildman–Crippen LogP) is 0.455. The largest absolute Gasteiger partial charge is 1.00 e. The van der Waals surface area contributed by atoms with Gasteiger partial charge in [-0.25, -0.2) is 0 Å². The van der Waals surface area contributed by atoms with Crippen molar-refractivity contribution in [3.8, 4) is 0 Å². The van der Waals surface area contributed by atoms with Crippen LogP contribution in [-0.4, -0.2) is 35.2 Å². The molecule has 0 N–H and O–H groups in total. The minimum Gasteiger partial charge on any atom is -0.877 e. The molecule has 118 valence electrons. The van der Waals surface area contributed by atoms with Gasteiger partial charge in [0.1, 0.15) is 0 Å². The first kappa shape index (κ1) is 21.6. The maximum Gasteiger partial charge on any atom is 1.00 e. The molecule has 1 fully saturated rings. The molecule has 0 spiro atoms. The maximum absolute atomic E-state index is 8.33. The summed E-state index contributed by atoms with van der Waals surface area (Å²) in [5, 5.41) is 8.59. The fourth-order valence-corrected chi connectivity index (χ4v) is 1.89. The normalized spacial score (nSPS) is 18.4. The zero-order chi connectivity index (χ0) is 15.5. The van der Waals surface area contributed by atoms with Gasteiger partial charge in [0.15, 0.2) is 6.29 Å². The Labute approximate surface area is 149 Å². The molecular formula is C15H21ClLiN3O2-2. The van der Waals surface area contributed by atoms with Gasteiger partial charge in [-0.05, 0) is 19.3 Å². The van der Waals surface area contributed by atoms with Crippen molar-refractivity contribution in [3.63, 3.8) is 0 Å². The van der Waals surface area contributed by atoms with Gasteiger partial charge in [0.2, 0.25) is 0 Å². The summed E-state index contributed by atoms with van der Waals surface area (Å²) in [5.74, 6) is 0. The van der Waals surface area contributed by atoms with E-state index in [4.69, 9.17) is 26.5 Å². The molecule has 0 saturated carbocycles. The van der Waals surface area contributed by atoms with E-state index in [2.05, 4.69) is 36.4 Å². The quantitative estimate of drug-likeness (QED) is 0.449. The second kappa shape index (κ2) is 13.0. The van der Waals surface area contributed by atoms with Crippen LogP contribution < -0.4 is 18.9 Å². The zero-order valence-electron chi connectivity index (χ0n) is 13.5. The standard InChI is InChI=1S/C10H19O2.C5H2ClN3.Li/c1-3-6-9(2)12-10-7-4-5-8-11-10;6-5-3-8-4(1-7)2-9-5;/h6,9-10H,3-5,7-8H2,1-2H3;1,3H;/q-1;-2;+1/t9-,10?;;/m0../s1. The van der Waals surface area contributed by atoms with E-state index in [1.807, 2.05) is 0 Å².